The first-order chi connectivity index (χ1) is 6.81. The molecule has 0 saturated carbocycles. The van der Waals surface area contributed by atoms with E-state index in [-0.39, 0.29) is 0 Å². The smallest absolute Gasteiger partial charge is 0.0967 e. The number of hydrogen-bond acceptors (Lipinski definition) is 3. The van der Waals surface area contributed by atoms with Crippen molar-refractivity contribution in [3.8, 4) is 5.69 Å². The summed E-state index contributed by atoms with van der Waals surface area (Å²) in [7, 11) is 0. The van der Waals surface area contributed by atoms with Crippen LogP contribution in [0.4, 0.5) is 0 Å². The minimum atomic E-state index is 0.420. The normalized spacial score (nSPS) is 10.4. The van der Waals surface area contributed by atoms with Crippen molar-refractivity contribution in [2.24, 2.45) is 5.73 Å². The molecule has 0 atom stereocenters. The summed E-state index contributed by atoms with van der Waals surface area (Å²) in [6, 6.07) is 7.99. The van der Waals surface area contributed by atoms with Gasteiger partial charge in [-0.1, -0.05) is 17.3 Å². The molecule has 0 aliphatic rings. The maximum Gasteiger partial charge on any atom is 0.0967 e. The van der Waals surface area contributed by atoms with Gasteiger partial charge in [0.25, 0.3) is 0 Å². The van der Waals surface area contributed by atoms with Crippen molar-refractivity contribution in [3.63, 3.8) is 0 Å². The Morgan fingerprint density at radius 2 is 2.14 bits per heavy atom. The fourth-order valence-corrected chi connectivity index (χ4v) is 1.78. The zero-order chi connectivity index (χ0) is 9.97. The van der Waals surface area contributed by atoms with Gasteiger partial charge in [0.2, 0.25) is 0 Å². The molecule has 0 amide bonds. The van der Waals surface area contributed by atoms with Crippen molar-refractivity contribution < 1.29 is 0 Å². The standard InChI is InChI=1S/C9H9IN4/c10-8-3-1-2-4-9(8)14-6-7(5-11)12-13-14/h1-4,6H,5,11H2. The average Bonchev–Trinajstić information content (AvgIpc) is 2.67. The zero-order valence-corrected chi connectivity index (χ0v) is 9.55. The van der Waals surface area contributed by atoms with E-state index in [1.54, 1.807) is 4.68 Å². The molecule has 1 aromatic carbocycles. The van der Waals surface area contributed by atoms with Crippen molar-refractivity contribution in [1.82, 2.24) is 15.0 Å². The molecule has 2 N–H and O–H groups in total. The molecule has 0 spiro atoms. The average molecular weight is 300 g/mol. The number of nitrogens with two attached hydrogens (primary N) is 1. The summed E-state index contributed by atoms with van der Waals surface area (Å²) in [4.78, 5) is 0. The summed E-state index contributed by atoms with van der Waals surface area (Å²) in [6.07, 6.45) is 1.84. The Balaban J connectivity index is 2.44. The summed E-state index contributed by atoms with van der Waals surface area (Å²) in [6.45, 7) is 0.420. The van der Waals surface area contributed by atoms with Crippen LogP contribution in [0.15, 0.2) is 30.5 Å². The lowest BCUT2D eigenvalue weighted by Gasteiger charge is -2.01. The molecule has 2 rings (SSSR count). The molecule has 0 saturated heterocycles. The van der Waals surface area contributed by atoms with E-state index in [0.29, 0.717) is 6.54 Å². The molecule has 0 radical (unpaired) electrons. The van der Waals surface area contributed by atoms with Gasteiger partial charge in [0.1, 0.15) is 0 Å². The van der Waals surface area contributed by atoms with E-state index in [4.69, 9.17) is 5.73 Å². The predicted molar refractivity (Wildman–Crippen MR) is 62.0 cm³/mol. The second kappa shape index (κ2) is 4.05. The van der Waals surface area contributed by atoms with Crippen molar-refractivity contribution >= 4 is 22.6 Å². The number of para-hydroxylation sites is 1. The molecule has 72 valence electrons. The highest BCUT2D eigenvalue weighted by Crippen LogP contribution is 2.15. The molecule has 0 fully saturated rings. The molecule has 4 nitrogen and oxygen atoms in total. The molecule has 5 heteroatoms. The number of benzene rings is 1. The molecule has 0 bridgehead atoms. The highest BCUT2D eigenvalue weighted by molar-refractivity contribution is 14.1. The predicted octanol–water partition coefficient (Wildman–Crippen LogP) is 1.33. The SMILES string of the molecule is NCc1cn(-c2ccccc2I)nn1. The molecule has 1 heterocycles. The van der Waals surface area contributed by atoms with Gasteiger partial charge in [0.05, 0.1) is 17.6 Å². The van der Waals surface area contributed by atoms with Gasteiger partial charge < -0.3 is 5.73 Å². The van der Waals surface area contributed by atoms with E-state index < -0.39 is 0 Å². The maximum atomic E-state index is 5.46. The van der Waals surface area contributed by atoms with Crippen LogP contribution in [0.2, 0.25) is 0 Å². The van der Waals surface area contributed by atoms with Gasteiger partial charge in [0.15, 0.2) is 0 Å². The van der Waals surface area contributed by atoms with E-state index in [0.717, 1.165) is 15.0 Å². The lowest BCUT2D eigenvalue weighted by molar-refractivity contribution is 0.794. The molecule has 1 aromatic heterocycles. The molecule has 14 heavy (non-hydrogen) atoms. The topological polar surface area (TPSA) is 56.7 Å². The summed E-state index contributed by atoms with van der Waals surface area (Å²) in [5, 5.41) is 7.94. The lowest BCUT2D eigenvalue weighted by atomic mass is 10.3. The van der Waals surface area contributed by atoms with Gasteiger partial charge in [-0.25, -0.2) is 4.68 Å². The van der Waals surface area contributed by atoms with Crippen molar-refractivity contribution in [3.05, 3.63) is 39.7 Å². The van der Waals surface area contributed by atoms with Gasteiger partial charge in [0, 0.05) is 10.1 Å². The number of rotatable bonds is 2. The van der Waals surface area contributed by atoms with E-state index >= 15 is 0 Å². The number of aromatic nitrogens is 3. The molecule has 0 aliphatic carbocycles. The zero-order valence-electron chi connectivity index (χ0n) is 7.39. The van der Waals surface area contributed by atoms with Crippen LogP contribution in [0, 0.1) is 3.57 Å². The summed E-state index contributed by atoms with van der Waals surface area (Å²) in [5.41, 5.74) is 7.29. The third-order valence-electron chi connectivity index (χ3n) is 1.85. The van der Waals surface area contributed by atoms with Gasteiger partial charge in [-0.05, 0) is 34.7 Å². The van der Waals surface area contributed by atoms with E-state index in [1.807, 2.05) is 30.5 Å². The van der Waals surface area contributed by atoms with Crippen LogP contribution in [-0.2, 0) is 6.54 Å². The van der Waals surface area contributed by atoms with Crippen LogP contribution in [0.25, 0.3) is 5.69 Å². The second-order valence-electron chi connectivity index (χ2n) is 2.81. The first kappa shape index (κ1) is 9.60. The first-order valence-electron chi connectivity index (χ1n) is 4.17. The Kier molecular flexibility index (Phi) is 2.78. The van der Waals surface area contributed by atoms with E-state index in [1.165, 1.54) is 0 Å². The quantitative estimate of drug-likeness (QED) is 0.851. The minimum Gasteiger partial charge on any atom is -0.325 e. The van der Waals surface area contributed by atoms with Crippen LogP contribution >= 0.6 is 22.6 Å². The van der Waals surface area contributed by atoms with Crippen LogP contribution in [0.1, 0.15) is 5.69 Å². The van der Waals surface area contributed by atoms with Gasteiger partial charge in [-0.2, -0.15) is 0 Å². The summed E-state index contributed by atoms with van der Waals surface area (Å²) in [5.74, 6) is 0. The fourth-order valence-electron chi connectivity index (χ4n) is 1.15. The molecule has 0 aliphatic heterocycles. The molecule has 2 aromatic rings. The molecular formula is C9H9IN4. The highest BCUT2D eigenvalue weighted by Gasteiger charge is 2.03. The number of hydrogen-bond donors (Lipinski definition) is 1. The van der Waals surface area contributed by atoms with Gasteiger partial charge in [-0.3, -0.25) is 0 Å². The van der Waals surface area contributed by atoms with Gasteiger partial charge >= 0.3 is 0 Å². The summed E-state index contributed by atoms with van der Waals surface area (Å²) < 4.78 is 2.88. The number of nitrogens with zero attached hydrogens (tertiary/aromatic N) is 3. The second-order valence-corrected chi connectivity index (χ2v) is 3.97. The van der Waals surface area contributed by atoms with Crippen LogP contribution in [0.3, 0.4) is 0 Å². The Labute approximate surface area is 95.3 Å². The van der Waals surface area contributed by atoms with E-state index in [2.05, 4.69) is 32.9 Å². The first-order valence-corrected chi connectivity index (χ1v) is 5.25. The van der Waals surface area contributed by atoms with Crippen LogP contribution in [-0.4, -0.2) is 15.0 Å². The number of halogens is 1. The Hall–Kier alpha value is -0.950. The molecular weight excluding hydrogens is 291 g/mol. The lowest BCUT2D eigenvalue weighted by Crippen LogP contribution is -1.97. The fraction of sp³-hybridized carbons (Fsp3) is 0.111. The van der Waals surface area contributed by atoms with Crippen LogP contribution in [0.5, 0.6) is 0 Å². The molecule has 0 unspecified atom stereocenters. The highest BCUT2D eigenvalue weighted by atomic mass is 127. The summed E-state index contributed by atoms with van der Waals surface area (Å²) >= 11 is 2.27. The maximum absolute atomic E-state index is 5.46. The minimum absolute atomic E-state index is 0.420. The Morgan fingerprint density at radius 1 is 1.36 bits per heavy atom. The Bertz CT molecular complexity index is 438. The monoisotopic (exact) mass is 300 g/mol. The third kappa shape index (κ3) is 1.78. The Morgan fingerprint density at radius 3 is 2.79 bits per heavy atom. The largest absolute Gasteiger partial charge is 0.325 e. The van der Waals surface area contributed by atoms with Crippen LogP contribution < -0.4 is 5.73 Å². The van der Waals surface area contributed by atoms with Gasteiger partial charge in [-0.15, -0.1) is 5.10 Å². The van der Waals surface area contributed by atoms with E-state index in [9.17, 15) is 0 Å². The van der Waals surface area contributed by atoms with Crippen molar-refractivity contribution in [2.75, 3.05) is 0 Å². The van der Waals surface area contributed by atoms with Crippen molar-refractivity contribution in [2.45, 2.75) is 6.54 Å². The third-order valence-corrected chi connectivity index (χ3v) is 2.76. The van der Waals surface area contributed by atoms with Crippen molar-refractivity contribution in [1.29, 1.82) is 0 Å².